The summed E-state index contributed by atoms with van der Waals surface area (Å²) in [6, 6.07) is 9.50. The first kappa shape index (κ1) is 9.73. The molecule has 0 radical (unpaired) electrons. The zero-order chi connectivity index (χ0) is 10.8. The van der Waals surface area contributed by atoms with Gasteiger partial charge in [-0.2, -0.15) is 5.10 Å². The molecule has 1 aromatic rings. The molecule has 0 bridgehead atoms. The summed E-state index contributed by atoms with van der Waals surface area (Å²) in [5, 5.41) is 15.7. The van der Waals surface area contributed by atoms with Crippen molar-refractivity contribution in [2.24, 2.45) is 10.8 Å². The molecular weight excluding hydrogens is 190 g/mol. The van der Waals surface area contributed by atoms with Crippen LogP contribution >= 0.6 is 0 Å². The van der Waals surface area contributed by atoms with Crippen LogP contribution in [0.25, 0.3) is 0 Å². The van der Waals surface area contributed by atoms with Gasteiger partial charge in [0.15, 0.2) is 6.23 Å². The summed E-state index contributed by atoms with van der Waals surface area (Å²) in [5.41, 5.74) is 7.67. The molecule has 78 valence electrons. The Morgan fingerprint density at radius 2 is 2.07 bits per heavy atom. The zero-order valence-corrected chi connectivity index (χ0v) is 8.46. The van der Waals surface area contributed by atoms with Crippen molar-refractivity contribution in [3.05, 3.63) is 42.1 Å². The van der Waals surface area contributed by atoms with Crippen LogP contribution in [0.1, 0.15) is 6.92 Å². The van der Waals surface area contributed by atoms with Crippen LogP contribution in [0.4, 0.5) is 5.69 Å². The number of aliphatic hydroxyl groups excluding tert-OH is 1. The van der Waals surface area contributed by atoms with E-state index >= 15 is 0 Å². The molecule has 0 saturated heterocycles. The highest BCUT2D eigenvalue weighted by atomic mass is 16.3. The van der Waals surface area contributed by atoms with Gasteiger partial charge < -0.3 is 10.8 Å². The molecular formula is C11H13N3O. The standard InChI is InChI=1S/C11H13N3O/c1-8-10(7-12)11(15)14(13-8)9-5-3-2-4-6-9/h2-7,11,15H,12H2,1H3. The largest absolute Gasteiger partial charge is 0.404 e. The van der Waals surface area contributed by atoms with Crippen LogP contribution in [0, 0.1) is 0 Å². The Balaban J connectivity index is 2.35. The molecule has 0 saturated carbocycles. The third-order valence-electron chi connectivity index (χ3n) is 2.39. The second-order valence-electron chi connectivity index (χ2n) is 3.36. The smallest absolute Gasteiger partial charge is 0.177 e. The van der Waals surface area contributed by atoms with Crippen molar-refractivity contribution in [1.29, 1.82) is 0 Å². The molecule has 3 N–H and O–H groups in total. The van der Waals surface area contributed by atoms with Crippen molar-refractivity contribution >= 4 is 11.4 Å². The average molecular weight is 203 g/mol. The summed E-state index contributed by atoms with van der Waals surface area (Å²) in [4.78, 5) is 0. The molecule has 1 heterocycles. The highest BCUT2D eigenvalue weighted by Crippen LogP contribution is 2.25. The first-order chi connectivity index (χ1) is 7.24. The van der Waals surface area contributed by atoms with Gasteiger partial charge in [-0.1, -0.05) is 18.2 Å². The Bertz CT molecular complexity index is 411. The molecule has 0 aromatic heterocycles. The minimum Gasteiger partial charge on any atom is -0.404 e. The molecule has 0 aliphatic carbocycles. The van der Waals surface area contributed by atoms with Crippen LogP contribution in [0.15, 0.2) is 47.2 Å². The van der Waals surface area contributed by atoms with E-state index in [1.165, 1.54) is 6.20 Å². The Hall–Kier alpha value is -1.81. The van der Waals surface area contributed by atoms with Gasteiger partial charge in [0.2, 0.25) is 0 Å². The van der Waals surface area contributed by atoms with E-state index in [9.17, 15) is 5.11 Å². The quantitative estimate of drug-likeness (QED) is 0.717. The molecule has 1 atom stereocenters. The Morgan fingerprint density at radius 3 is 2.60 bits per heavy atom. The van der Waals surface area contributed by atoms with Gasteiger partial charge in [-0.15, -0.1) is 0 Å². The SMILES string of the molecule is CC1=NN(c2ccccc2)C(O)C1=CN. The fourth-order valence-electron chi connectivity index (χ4n) is 1.58. The van der Waals surface area contributed by atoms with Gasteiger partial charge in [0.25, 0.3) is 0 Å². The number of benzene rings is 1. The summed E-state index contributed by atoms with van der Waals surface area (Å²) in [6.45, 7) is 1.82. The number of nitrogens with zero attached hydrogens (tertiary/aromatic N) is 2. The second-order valence-corrected chi connectivity index (χ2v) is 3.36. The maximum atomic E-state index is 9.94. The maximum absolute atomic E-state index is 9.94. The lowest BCUT2D eigenvalue weighted by Gasteiger charge is -2.19. The fraction of sp³-hybridized carbons (Fsp3) is 0.182. The van der Waals surface area contributed by atoms with E-state index in [1.807, 2.05) is 37.3 Å². The van der Waals surface area contributed by atoms with Crippen LogP contribution in [0.5, 0.6) is 0 Å². The molecule has 0 amide bonds. The Labute approximate surface area is 88.3 Å². The summed E-state index contributed by atoms with van der Waals surface area (Å²) >= 11 is 0. The molecule has 4 heteroatoms. The molecule has 1 unspecified atom stereocenters. The number of rotatable bonds is 1. The monoisotopic (exact) mass is 203 g/mol. The van der Waals surface area contributed by atoms with Crippen molar-refractivity contribution in [3.63, 3.8) is 0 Å². The number of anilines is 1. The van der Waals surface area contributed by atoms with Crippen LogP contribution in [-0.2, 0) is 0 Å². The first-order valence-corrected chi connectivity index (χ1v) is 4.73. The van der Waals surface area contributed by atoms with E-state index in [-0.39, 0.29) is 0 Å². The second kappa shape index (κ2) is 3.74. The highest BCUT2D eigenvalue weighted by Gasteiger charge is 2.28. The molecule has 4 nitrogen and oxygen atoms in total. The topological polar surface area (TPSA) is 61.8 Å². The molecule has 15 heavy (non-hydrogen) atoms. The van der Waals surface area contributed by atoms with Gasteiger partial charge in [0, 0.05) is 11.8 Å². The number of para-hydroxylation sites is 1. The predicted molar refractivity (Wildman–Crippen MR) is 60.3 cm³/mol. The van der Waals surface area contributed by atoms with E-state index in [2.05, 4.69) is 5.10 Å². The predicted octanol–water partition coefficient (Wildman–Crippen LogP) is 1.04. The minimum atomic E-state index is -0.780. The van der Waals surface area contributed by atoms with Gasteiger partial charge in [-0.05, 0) is 19.1 Å². The van der Waals surface area contributed by atoms with Crippen LogP contribution in [-0.4, -0.2) is 17.0 Å². The number of hydrogen-bond donors (Lipinski definition) is 2. The van der Waals surface area contributed by atoms with E-state index in [0.29, 0.717) is 5.57 Å². The van der Waals surface area contributed by atoms with Gasteiger partial charge in [-0.3, -0.25) is 0 Å². The fourth-order valence-corrected chi connectivity index (χ4v) is 1.58. The van der Waals surface area contributed by atoms with E-state index in [1.54, 1.807) is 5.01 Å². The number of aliphatic hydroxyl groups is 1. The Morgan fingerprint density at radius 1 is 1.40 bits per heavy atom. The minimum absolute atomic E-state index is 0.652. The van der Waals surface area contributed by atoms with Gasteiger partial charge in [0.1, 0.15) is 0 Å². The van der Waals surface area contributed by atoms with Gasteiger partial charge in [-0.25, -0.2) is 5.01 Å². The van der Waals surface area contributed by atoms with Crippen molar-refractivity contribution in [2.75, 3.05) is 5.01 Å². The molecule has 0 spiro atoms. The van der Waals surface area contributed by atoms with E-state index < -0.39 is 6.23 Å². The van der Waals surface area contributed by atoms with Gasteiger partial charge >= 0.3 is 0 Å². The number of hydrazone groups is 1. The molecule has 0 fully saturated rings. The van der Waals surface area contributed by atoms with Gasteiger partial charge in [0.05, 0.1) is 11.4 Å². The van der Waals surface area contributed by atoms with Crippen molar-refractivity contribution < 1.29 is 5.11 Å². The summed E-state index contributed by atoms with van der Waals surface area (Å²) in [6.07, 6.45) is 0.615. The van der Waals surface area contributed by atoms with Crippen LogP contribution in [0.2, 0.25) is 0 Å². The zero-order valence-electron chi connectivity index (χ0n) is 8.46. The molecule has 2 rings (SSSR count). The highest BCUT2D eigenvalue weighted by molar-refractivity contribution is 6.02. The summed E-state index contributed by atoms with van der Waals surface area (Å²) in [7, 11) is 0. The molecule has 1 aliphatic heterocycles. The normalized spacial score (nSPS) is 23.3. The van der Waals surface area contributed by atoms with Crippen molar-refractivity contribution in [1.82, 2.24) is 0 Å². The lowest BCUT2D eigenvalue weighted by molar-refractivity contribution is 0.218. The summed E-state index contributed by atoms with van der Waals surface area (Å²) < 4.78 is 0. The van der Waals surface area contributed by atoms with E-state index in [4.69, 9.17) is 5.73 Å². The Kier molecular flexibility index (Phi) is 2.43. The van der Waals surface area contributed by atoms with Crippen LogP contribution < -0.4 is 10.7 Å². The van der Waals surface area contributed by atoms with Crippen LogP contribution in [0.3, 0.4) is 0 Å². The third-order valence-corrected chi connectivity index (χ3v) is 2.39. The lowest BCUT2D eigenvalue weighted by Crippen LogP contribution is -2.27. The molecule has 1 aromatic carbocycles. The number of hydrogen-bond acceptors (Lipinski definition) is 4. The lowest BCUT2D eigenvalue weighted by atomic mass is 10.2. The maximum Gasteiger partial charge on any atom is 0.177 e. The van der Waals surface area contributed by atoms with Crippen molar-refractivity contribution in [3.8, 4) is 0 Å². The summed E-state index contributed by atoms with van der Waals surface area (Å²) in [5.74, 6) is 0. The first-order valence-electron chi connectivity index (χ1n) is 4.73. The molecule has 1 aliphatic rings. The third kappa shape index (κ3) is 1.59. The number of nitrogens with two attached hydrogens (primary N) is 1. The van der Waals surface area contributed by atoms with E-state index in [0.717, 1.165) is 11.4 Å². The average Bonchev–Trinajstić information content (AvgIpc) is 2.55. The van der Waals surface area contributed by atoms with Crippen molar-refractivity contribution in [2.45, 2.75) is 13.2 Å².